The fraction of sp³-hybridized carbons (Fsp3) is 0.250. The molecule has 0 heterocycles. The van der Waals surface area contributed by atoms with Crippen molar-refractivity contribution in [1.29, 1.82) is 0 Å². The summed E-state index contributed by atoms with van der Waals surface area (Å²) in [7, 11) is 0. The highest BCUT2D eigenvalue weighted by atomic mass is 35.5. The lowest BCUT2D eigenvalue weighted by Gasteiger charge is -2.28. The molecule has 0 aliphatic heterocycles. The Morgan fingerprint density at radius 1 is 0.387 bits per heavy atom. The van der Waals surface area contributed by atoms with Crippen LogP contribution in [0.4, 0.5) is 17.1 Å². The van der Waals surface area contributed by atoms with Crippen molar-refractivity contribution in [2.45, 2.75) is 130 Å². The molecular weight excluding hydrogens is 1250 g/mol. The van der Waals surface area contributed by atoms with Crippen LogP contribution in [-0.2, 0) is 6.42 Å². The van der Waals surface area contributed by atoms with Gasteiger partial charge in [-0.05, 0) is 201 Å². The number of primary amides is 3. The average Bonchev–Trinajstić information content (AvgIpc) is 0.969. The van der Waals surface area contributed by atoms with Gasteiger partial charge < -0.3 is 53.2 Å². The number of halogens is 3. The number of carbonyl (C=O) groups is 3. The number of nitrogens with one attached hydrogen (secondary N) is 3. The number of nitrogens with two attached hydrogens (primary N) is 3. The van der Waals surface area contributed by atoms with Crippen LogP contribution in [0.3, 0.4) is 0 Å². The van der Waals surface area contributed by atoms with Crippen molar-refractivity contribution in [3.05, 3.63) is 243 Å². The SMILES string of the molecule is NC(=O)c1ccc(-c2ccccc2Cc2ccccc2Cl)cc1NC1CCC(O)CC1.NC(=O)c1ccc(-c2ccccc2Oc2ccccc2Cl)cc1NC1CCC(O)CC1.NC(=O)c1ccc(-c2ccccc2Sc2ccccc2Cl)cc1NC1CCC(O)CC1. The molecule has 9 aromatic carbocycles. The van der Waals surface area contributed by atoms with Gasteiger partial charge in [-0.3, -0.25) is 14.4 Å². The predicted octanol–water partition coefficient (Wildman–Crippen LogP) is 17.0. The summed E-state index contributed by atoms with van der Waals surface area (Å²) in [5.41, 5.74) is 28.7. The van der Waals surface area contributed by atoms with Crippen molar-refractivity contribution in [3.63, 3.8) is 0 Å². The maximum absolute atomic E-state index is 12.0. The Hall–Kier alpha value is -8.31. The van der Waals surface area contributed by atoms with E-state index in [1.54, 1.807) is 36.0 Å². The standard InChI is InChI=1S/C26H27ClN2O2.C25H25ClN2O3.C25H25ClN2O2S/c27-24-8-4-2-6-19(24)15-17-5-1-3-7-22(17)18-9-14-23(26(28)31)25(16-18)29-20-10-12-21(30)13-11-20;2*26-21-6-2-4-8-24(21)31-23-7-3-1-5-19(23)16-9-14-20(25(27)30)22(15-16)28-17-10-12-18(29)13-11-17/h1-9,14,16,20-21,29-30H,10-13,15H2,(H2,28,31);2*1-9,14-15,17-18,28-29H,10-13H2,(H2,27,30). The van der Waals surface area contributed by atoms with Gasteiger partial charge in [-0.1, -0.05) is 168 Å². The zero-order chi connectivity index (χ0) is 65.4. The fourth-order valence-electron chi connectivity index (χ4n) is 12.1. The zero-order valence-electron chi connectivity index (χ0n) is 51.5. The maximum atomic E-state index is 12.0. The molecule has 3 aliphatic rings. The summed E-state index contributed by atoms with van der Waals surface area (Å²) in [6.45, 7) is 0. The number of rotatable bonds is 18. The van der Waals surface area contributed by atoms with Gasteiger partial charge >= 0.3 is 0 Å². The van der Waals surface area contributed by atoms with Crippen LogP contribution < -0.4 is 37.9 Å². The van der Waals surface area contributed by atoms with Crippen molar-refractivity contribution in [2.24, 2.45) is 17.2 Å². The van der Waals surface area contributed by atoms with E-state index in [9.17, 15) is 29.7 Å². The van der Waals surface area contributed by atoms with Gasteiger partial charge in [0.1, 0.15) is 11.5 Å². The lowest BCUT2D eigenvalue weighted by atomic mass is 9.91. The van der Waals surface area contributed by atoms with Crippen LogP contribution in [0.5, 0.6) is 11.5 Å². The van der Waals surface area contributed by atoms with E-state index < -0.39 is 17.7 Å². The maximum Gasteiger partial charge on any atom is 0.250 e. The summed E-state index contributed by atoms with van der Waals surface area (Å²) in [5.74, 6) is -0.151. The van der Waals surface area contributed by atoms with Crippen molar-refractivity contribution in [2.75, 3.05) is 16.0 Å². The second-order valence-corrected chi connectivity index (χ2v) is 26.1. The Morgan fingerprint density at radius 2 is 0.742 bits per heavy atom. The minimum atomic E-state index is -0.481. The largest absolute Gasteiger partial charge is 0.455 e. The molecule has 9 aromatic rings. The number of aliphatic hydroxyl groups excluding tert-OH is 3. The van der Waals surface area contributed by atoms with Crippen LogP contribution in [0.25, 0.3) is 33.4 Å². The summed E-state index contributed by atoms with van der Waals surface area (Å²) < 4.78 is 6.10. The van der Waals surface area contributed by atoms with Gasteiger partial charge in [-0.2, -0.15) is 0 Å². The van der Waals surface area contributed by atoms with E-state index in [1.807, 2.05) is 152 Å². The first-order chi connectivity index (χ1) is 45.0. The molecule has 93 heavy (non-hydrogen) atoms. The molecule has 0 radical (unpaired) electrons. The number of hydrogen-bond donors (Lipinski definition) is 9. The normalized spacial score (nSPS) is 18.5. The summed E-state index contributed by atoms with van der Waals surface area (Å²) in [6, 6.07) is 64.7. The van der Waals surface area contributed by atoms with Crippen LogP contribution in [-0.4, -0.2) is 69.5 Å². The molecule has 0 spiro atoms. The number of para-hydroxylation sites is 2. The molecule has 0 aromatic heterocycles. The minimum Gasteiger partial charge on any atom is -0.455 e. The summed E-state index contributed by atoms with van der Waals surface area (Å²) in [4.78, 5) is 38.1. The number of aliphatic hydroxyl groups is 3. The number of benzene rings is 9. The topological polar surface area (TPSA) is 235 Å². The molecule has 0 atom stereocenters. The second-order valence-electron chi connectivity index (χ2n) is 23.8. The third-order valence-corrected chi connectivity index (χ3v) is 19.5. The van der Waals surface area contributed by atoms with Gasteiger partial charge in [-0.25, -0.2) is 0 Å². The Morgan fingerprint density at radius 3 is 1.19 bits per heavy atom. The van der Waals surface area contributed by atoms with Crippen molar-refractivity contribution in [1.82, 2.24) is 0 Å². The summed E-state index contributed by atoms with van der Waals surface area (Å²) in [6.07, 6.45) is 9.73. The molecule has 12 N–H and O–H groups in total. The first-order valence-corrected chi connectivity index (χ1v) is 33.5. The van der Waals surface area contributed by atoms with E-state index in [-0.39, 0.29) is 36.4 Å². The highest BCUT2D eigenvalue weighted by Gasteiger charge is 2.25. The Bertz CT molecular complexity index is 3640. The number of hydrogen-bond acceptors (Lipinski definition) is 11. The van der Waals surface area contributed by atoms with Gasteiger partial charge in [0.2, 0.25) is 0 Å². The molecular formula is C76H77Cl3N6O7S. The van der Waals surface area contributed by atoms with E-state index in [4.69, 9.17) is 56.7 Å². The summed E-state index contributed by atoms with van der Waals surface area (Å²) >= 11 is 20.6. The molecule has 13 nitrogen and oxygen atoms in total. The molecule has 3 saturated carbocycles. The fourth-order valence-corrected chi connectivity index (χ4v) is 13.8. The molecule has 17 heteroatoms. The highest BCUT2D eigenvalue weighted by molar-refractivity contribution is 7.99. The van der Waals surface area contributed by atoms with Crippen LogP contribution in [0.1, 0.15) is 119 Å². The average molecular weight is 1320 g/mol. The van der Waals surface area contributed by atoms with E-state index in [0.717, 1.165) is 154 Å². The molecule has 3 aliphatic carbocycles. The first-order valence-electron chi connectivity index (χ1n) is 31.5. The monoisotopic (exact) mass is 1320 g/mol. The Kier molecular flexibility index (Phi) is 23.6. The number of carbonyl (C=O) groups excluding carboxylic acids is 3. The summed E-state index contributed by atoms with van der Waals surface area (Å²) in [5, 5.41) is 41.8. The van der Waals surface area contributed by atoms with Crippen LogP contribution >= 0.6 is 46.6 Å². The van der Waals surface area contributed by atoms with Gasteiger partial charge in [0.25, 0.3) is 17.7 Å². The molecule has 3 amide bonds. The molecule has 3 fully saturated rings. The van der Waals surface area contributed by atoms with Crippen molar-refractivity contribution in [3.8, 4) is 44.9 Å². The van der Waals surface area contributed by atoms with Gasteiger partial charge in [-0.15, -0.1) is 0 Å². The highest BCUT2D eigenvalue weighted by Crippen LogP contribution is 2.42. The van der Waals surface area contributed by atoms with E-state index in [0.29, 0.717) is 43.9 Å². The zero-order valence-corrected chi connectivity index (χ0v) is 54.5. The van der Waals surface area contributed by atoms with Gasteiger partial charge in [0, 0.05) is 55.6 Å². The predicted molar refractivity (Wildman–Crippen MR) is 378 cm³/mol. The Labute approximate surface area is 563 Å². The van der Waals surface area contributed by atoms with Gasteiger partial charge in [0.05, 0.1) is 45.0 Å². The van der Waals surface area contributed by atoms with Crippen LogP contribution in [0.15, 0.2) is 210 Å². The lowest BCUT2D eigenvalue weighted by molar-refractivity contribution is 0.0992. The molecule has 0 bridgehead atoms. The Balaban J connectivity index is 0.000000153. The number of ether oxygens (including phenoxy) is 1. The molecule has 0 saturated heterocycles. The number of anilines is 3. The van der Waals surface area contributed by atoms with E-state index >= 15 is 0 Å². The van der Waals surface area contributed by atoms with Crippen LogP contribution in [0, 0.1) is 0 Å². The molecule has 12 rings (SSSR count). The second kappa shape index (κ2) is 32.5. The van der Waals surface area contributed by atoms with E-state index in [1.165, 1.54) is 0 Å². The smallest absolute Gasteiger partial charge is 0.250 e. The quantitative estimate of drug-likeness (QED) is 0.0392. The first kappa shape index (κ1) is 67.6. The lowest BCUT2D eigenvalue weighted by Crippen LogP contribution is -2.29. The van der Waals surface area contributed by atoms with Gasteiger partial charge in [0.15, 0.2) is 0 Å². The minimum absolute atomic E-state index is 0.186. The molecule has 0 unspecified atom stereocenters. The third-order valence-electron chi connectivity index (χ3n) is 17.2. The van der Waals surface area contributed by atoms with E-state index in [2.05, 4.69) is 40.2 Å². The molecule has 480 valence electrons. The number of amides is 3. The van der Waals surface area contributed by atoms with Crippen molar-refractivity contribution >= 4 is 81.3 Å². The van der Waals surface area contributed by atoms with Crippen molar-refractivity contribution < 1.29 is 34.4 Å². The van der Waals surface area contributed by atoms with Crippen LogP contribution in [0.2, 0.25) is 15.1 Å². The third kappa shape index (κ3) is 18.3.